The zero-order valence-electron chi connectivity index (χ0n) is 14.2. The van der Waals surface area contributed by atoms with Gasteiger partial charge in [0.1, 0.15) is 0 Å². The molecule has 0 spiro atoms. The number of halogens is 2. The summed E-state index contributed by atoms with van der Waals surface area (Å²) in [6.07, 6.45) is 0. The van der Waals surface area contributed by atoms with Gasteiger partial charge in [-0.15, -0.1) is 11.3 Å². The molecule has 0 radical (unpaired) electrons. The van der Waals surface area contributed by atoms with Gasteiger partial charge in [-0.05, 0) is 37.3 Å². The number of aromatic nitrogens is 2. The second-order valence-corrected chi connectivity index (χ2v) is 6.81. The number of nitrogens with zero attached hydrogens (tertiary/aromatic N) is 2. The van der Waals surface area contributed by atoms with Crippen molar-refractivity contribution in [1.82, 2.24) is 9.97 Å². The highest BCUT2D eigenvalue weighted by Gasteiger charge is 2.15. The summed E-state index contributed by atoms with van der Waals surface area (Å²) in [6, 6.07) is 12.7. The Morgan fingerprint density at radius 3 is 2.67 bits per heavy atom. The van der Waals surface area contributed by atoms with E-state index >= 15 is 0 Å². The van der Waals surface area contributed by atoms with Crippen LogP contribution in [0.4, 0.5) is 13.9 Å². The van der Waals surface area contributed by atoms with E-state index in [1.54, 1.807) is 11.4 Å². The van der Waals surface area contributed by atoms with Crippen molar-refractivity contribution in [2.45, 2.75) is 6.92 Å². The first-order chi connectivity index (χ1) is 13.0. The lowest BCUT2D eigenvalue weighted by Crippen LogP contribution is -2.13. The smallest absolute Gasteiger partial charge is 0.258 e. The molecule has 4 rings (SSSR count). The molecular formula is C20H13F2N3OS. The Morgan fingerprint density at radius 1 is 1.04 bits per heavy atom. The van der Waals surface area contributed by atoms with Gasteiger partial charge in [0.2, 0.25) is 0 Å². The highest BCUT2D eigenvalue weighted by molar-refractivity contribution is 7.14. The highest BCUT2D eigenvalue weighted by atomic mass is 32.1. The third kappa shape index (κ3) is 3.41. The van der Waals surface area contributed by atoms with Crippen LogP contribution in [-0.4, -0.2) is 15.9 Å². The van der Waals surface area contributed by atoms with Crippen LogP contribution in [0.3, 0.4) is 0 Å². The van der Waals surface area contributed by atoms with E-state index in [1.165, 1.54) is 17.4 Å². The van der Waals surface area contributed by atoms with Gasteiger partial charge in [-0.1, -0.05) is 18.2 Å². The molecule has 1 amide bonds. The molecule has 4 aromatic rings. The van der Waals surface area contributed by atoms with Crippen LogP contribution in [0.5, 0.6) is 0 Å². The standard InChI is InChI=1S/C20H13F2N3OS/c1-11-8-14(13-4-2-3-5-17(13)23-11)19(26)25-20-24-18(10-27-20)12-6-7-15(21)16(22)9-12/h2-10H,1H3,(H,24,25,26). The minimum Gasteiger partial charge on any atom is -0.298 e. The van der Waals surface area contributed by atoms with E-state index in [9.17, 15) is 13.6 Å². The number of carbonyl (C=O) groups excluding carboxylic acids is 1. The Morgan fingerprint density at radius 2 is 1.85 bits per heavy atom. The molecule has 7 heteroatoms. The quantitative estimate of drug-likeness (QED) is 0.531. The van der Waals surface area contributed by atoms with Crippen molar-refractivity contribution in [2.75, 3.05) is 5.32 Å². The molecule has 2 aromatic heterocycles. The lowest BCUT2D eigenvalue weighted by Gasteiger charge is -2.07. The van der Waals surface area contributed by atoms with Gasteiger partial charge in [0, 0.05) is 22.0 Å². The van der Waals surface area contributed by atoms with Crippen molar-refractivity contribution in [3.8, 4) is 11.3 Å². The molecule has 0 atom stereocenters. The number of rotatable bonds is 3. The van der Waals surface area contributed by atoms with Gasteiger partial charge in [-0.3, -0.25) is 15.1 Å². The minimum atomic E-state index is -0.940. The summed E-state index contributed by atoms with van der Waals surface area (Å²) >= 11 is 1.21. The summed E-state index contributed by atoms with van der Waals surface area (Å²) in [4.78, 5) is 21.5. The topological polar surface area (TPSA) is 54.9 Å². The molecule has 134 valence electrons. The maximum absolute atomic E-state index is 13.4. The molecule has 0 unspecified atom stereocenters. The van der Waals surface area contributed by atoms with Crippen LogP contribution in [0.2, 0.25) is 0 Å². The molecular weight excluding hydrogens is 368 g/mol. The Balaban J connectivity index is 1.63. The van der Waals surface area contributed by atoms with Crippen molar-refractivity contribution < 1.29 is 13.6 Å². The number of carbonyl (C=O) groups is 1. The SMILES string of the molecule is Cc1cc(C(=O)Nc2nc(-c3ccc(F)c(F)c3)cs2)c2ccccc2n1. The van der Waals surface area contributed by atoms with Crippen LogP contribution < -0.4 is 5.32 Å². The lowest BCUT2D eigenvalue weighted by atomic mass is 10.1. The van der Waals surface area contributed by atoms with Gasteiger partial charge >= 0.3 is 0 Å². The van der Waals surface area contributed by atoms with Crippen molar-refractivity contribution in [1.29, 1.82) is 0 Å². The highest BCUT2D eigenvalue weighted by Crippen LogP contribution is 2.27. The van der Waals surface area contributed by atoms with Gasteiger partial charge in [0.25, 0.3) is 5.91 Å². The summed E-state index contributed by atoms with van der Waals surface area (Å²) < 4.78 is 26.5. The van der Waals surface area contributed by atoms with E-state index in [1.807, 2.05) is 31.2 Å². The van der Waals surface area contributed by atoms with Gasteiger partial charge in [-0.25, -0.2) is 13.8 Å². The first-order valence-corrected chi connectivity index (χ1v) is 8.98. The third-order valence-electron chi connectivity index (χ3n) is 4.03. The molecule has 27 heavy (non-hydrogen) atoms. The van der Waals surface area contributed by atoms with E-state index in [-0.39, 0.29) is 5.91 Å². The van der Waals surface area contributed by atoms with Crippen LogP contribution in [0.25, 0.3) is 22.2 Å². The van der Waals surface area contributed by atoms with Crippen molar-refractivity contribution in [3.63, 3.8) is 0 Å². The van der Waals surface area contributed by atoms with Gasteiger partial charge in [0.15, 0.2) is 16.8 Å². The molecule has 0 aliphatic heterocycles. The van der Waals surface area contributed by atoms with Crippen molar-refractivity contribution in [3.05, 3.63) is 76.8 Å². The summed E-state index contributed by atoms with van der Waals surface area (Å²) in [6.45, 7) is 1.83. The number of amides is 1. The molecule has 2 heterocycles. The number of anilines is 1. The van der Waals surface area contributed by atoms with E-state index in [0.29, 0.717) is 22.0 Å². The molecule has 0 saturated heterocycles. The Bertz CT molecular complexity index is 1170. The second kappa shape index (κ2) is 6.85. The number of benzene rings is 2. The summed E-state index contributed by atoms with van der Waals surface area (Å²) in [5.41, 5.74) is 2.88. The molecule has 0 aliphatic rings. The normalized spacial score (nSPS) is 10.9. The monoisotopic (exact) mass is 381 g/mol. The summed E-state index contributed by atoms with van der Waals surface area (Å²) in [5, 5.41) is 5.57. The predicted molar refractivity (Wildman–Crippen MR) is 102 cm³/mol. The first kappa shape index (κ1) is 17.2. The number of thiazole rings is 1. The largest absolute Gasteiger partial charge is 0.298 e. The Hall–Kier alpha value is -3.19. The number of para-hydroxylation sites is 1. The average Bonchev–Trinajstić information content (AvgIpc) is 3.11. The van der Waals surface area contributed by atoms with Crippen LogP contribution in [-0.2, 0) is 0 Å². The minimum absolute atomic E-state index is 0.303. The number of pyridine rings is 1. The van der Waals surface area contributed by atoms with E-state index in [4.69, 9.17) is 0 Å². The number of hydrogen-bond donors (Lipinski definition) is 1. The van der Waals surface area contributed by atoms with Gasteiger partial charge in [-0.2, -0.15) is 0 Å². The molecule has 0 saturated carbocycles. The van der Waals surface area contributed by atoms with Crippen LogP contribution >= 0.6 is 11.3 Å². The molecule has 0 aliphatic carbocycles. The van der Waals surface area contributed by atoms with Crippen LogP contribution in [0, 0.1) is 18.6 Å². The Labute approximate surface area is 157 Å². The molecule has 2 aromatic carbocycles. The van der Waals surface area contributed by atoms with E-state index in [0.717, 1.165) is 28.7 Å². The fourth-order valence-electron chi connectivity index (χ4n) is 2.78. The average molecular weight is 381 g/mol. The van der Waals surface area contributed by atoms with Gasteiger partial charge in [0.05, 0.1) is 16.8 Å². The fourth-order valence-corrected chi connectivity index (χ4v) is 3.49. The number of aryl methyl sites for hydroxylation is 1. The van der Waals surface area contributed by atoms with Crippen LogP contribution in [0.1, 0.15) is 16.1 Å². The Kier molecular flexibility index (Phi) is 4.37. The second-order valence-electron chi connectivity index (χ2n) is 5.95. The number of nitrogens with one attached hydrogen (secondary N) is 1. The maximum Gasteiger partial charge on any atom is 0.258 e. The summed E-state index contributed by atoms with van der Waals surface area (Å²) in [7, 11) is 0. The van der Waals surface area contributed by atoms with Crippen molar-refractivity contribution in [2.24, 2.45) is 0 Å². The number of hydrogen-bond acceptors (Lipinski definition) is 4. The van der Waals surface area contributed by atoms with E-state index in [2.05, 4.69) is 15.3 Å². The summed E-state index contributed by atoms with van der Waals surface area (Å²) in [5.74, 6) is -2.16. The van der Waals surface area contributed by atoms with Crippen LogP contribution in [0.15, 0.2) is 53.9 Å². The number of fused-ring (bicyclic) bond motifs is 1. The molecule has 4 nitrogen and oxygen atoms in total. The zero-order valence-corrected chi connectivity index (χ0v) is 15.0. The first-order valence-electron chi connectivity index (χ1n) is 8.10. The van der Waals surface area contributed by atoms with E-state index < -0.39 is 11.6 Å². The maximum atomic E-state index is 13.4. The predicted octanol–water partition coefficient (Wildman–Crippen LogP) is 5.20. The zero-order chi connectivity index (χ0) is 19.0. The fraction of sp³-hybridized carbons (Fsp3) is 0.0500. The molecule has 0 fully saturated rings. The van der Waals surface area contributed by atoms with Crippen molar-refractivity contribution >= 4 is 33.3 Å². The van der Waals surface area contributed by atoms with Gasteiger partial charge < -0.3 is 0 Å². The lowest BCUT2D eigenvalue weighted by molar-refractivity contribution is 0.102. The molecule has 1 N–H and O–H groups in total. The molecule has 0 bridgehead atoms. The third-order valence-corrected chi connectivity index (χ3v) is 4.79.